The van der Waals surface area contributed by atoms with Crippen LogP contribution in [-0.4, -0.2) is 46.1 Å². The molecule has 0 saturated heterocycles. The quantitative estimate of drug-likeness (QED) is 0.329. The van der Waals surface area contributed by atoms with E-state index in [0.717, 1.165) is 49.0 Å². The van der Waals surface area contributed by atoms with Crippen LogP contribution in [0.15, 0.2) is 29.4 Å². The van der Waals surface area contributed by atoms with E-state index in [1.165, 1.54) is 41.5 Å². The highest BCUT2D eigenvalue weighted by Crippen LogP contribution is 2.37. The van der Waals surface area contributed by atoms with Crippen molar-refractivity contribution in [3.05, 3.63) is 40.3 Å². The number of benzene rings is 1. The van der Waals surface area contributed by atoms with Crippen LogP contribution < -0.4 is 10.1 Å². The lowest BCUT2D eigenvalue weighted by Gasteiger charge is -2.11. The lowest BCUT2D eigenvalue weighted by atomic mass is 9.96. The molecule has 1 N–H and O–H groups in total. The number of esters is 1. The molecule has 1 aliphatic rings. The van der Waals surface area contributed by atoms with Crippen LogP contribution in [-0.2, 0) is 29.4 Å². The number of fused-ring (bicyclic) bond motifs is 1. The fourth-order valence-electron chi connectivity index (χ4n) is 4.18. The number of nitrogens with one attached hydrogen (secondary N) is 1. The maximum absolute atomic E-state index is 12.8. The number of thiophene rings is 1. The number of carbonyl (C=O) groups excluding carboxylic acids is 2. The third-order valence-electron chi connectivity index (χ3n) is 5.90. The Hall–Kier alpha value is -2.85. The van der Waals surface area contributed by atoms with Crippen molar-refractivity contribution in [3.8, 4) is 17.1 Å². The predicted molar refractivity (Wildman–Crippen MR) is 138 cm³/mol. The van der Waals surface area contributed by atoms with Gasteiger partial charge in [-0.05, 0) is 62.4 Å². The molecule has 1 amide bonds. The van der Waals surface area contributed by atoms with Gasteiger partial charge in [-0.3, -0.25) is 4.79 Å². The Labute approximate surface area is 213 Å². The summed E-state index contributed by atoms with van der Waals surface area (Å²) in [6, 6.07) is 7.68. The van der Waals surface area contributed by atoms with Gasteiger partial charge in [-0.1, -0.05) is 24.6 Å². The standard InChI is InChI=1S/C25H30N4O4S2/c1-4-33-17-13-11-16(12-14-17)22-27-28-25(29(22)2)34-15-20(30)26-23-21(24(31)32-3)18-9-7-5-6-8-10-19(18)35-23/h11-14H,4-10,15H2,1-3H3,(H,26,30). The second-order valence-electron chi connectivity index (χ2n) is 8.27. The average Bonchev–Trinajstić information content (AvgIpc) is 3.37. The molecule has 0 aliphatic heterocycles. The molecular weight excluding hydrogens is 484 g/mol. The number of anilines is 1. The second kappa shape index (κ2) is 11.7. The first-order valence-corrected chi connectivity index (χ1v) is 13.6. The van der Waals surface area contributed by atoms with Crippen molar-refractivity contribution in [2.24, 2.45) is 7.05 Å². The molecule has 1 aliphatic carbocycles. The van der Waals surface area contributed by atoms with E-state index in [2.05, 4.69) is 15.5 Å². The summed E-state index contributed by atoms with van der Waals surface area (Å²) in [6.07, 6.45) is 6.26. The van der Waals surface area contributed by atoms with Crippen molar-refractivity contribution < 1.29 is 19.1 Å². The Balaban J connectivity index is 1.44. The summed E-state index contributed by atoms with van der Waals surface area (Å²) in [6.45, 7) is 2.56. The minimum atomic E-state index is -0.390. The van der Waals surface area contributed by atoms with Crippen LogP contribution in [0.2, 0.25) is 0 Å². The van der Waals surface area contributed by atoms with Gasteiger partial charge in [0.25, 0.3) is 0 Å². The zero-order valence-electron chi connectivity index (χ0n) is 20.3. The van der Waals surface area contributed by atoms with E-state index in [1.54, 1.807) is 0 Å². The van der Waals surface area contributed by atoms with Crippen LogP contribution in [0.1, 0.15) is 53.4 Å². The minimum Gasteiger partial charge on any atom is -0.494 e. The smallest absolute Gasteiger partial charge is 0.341 e. The average molecular weight is 515 g/mol. The van der Waals surface area contributed by atoms with Gasteiger partial charge in [-0.25, -0.2) is 4.79 Å². The van der Waals surface area contributed by atoms with Crippen LogP contribution in [0.25, 0.3) is 11.4 Å². The van der Waals surface area contributed by atoms with Gasteiger partial charge >= 0.3 is 5.97 Å². The van der Waals surface area contributed by atoms with Gasteiger partial charge in [0.15, 0.2) is 11.0 Å². The van der Waals surface area contributed by atoms with Gasteiger partial charge < -0.3 is 19.4 Å². The molecule has 0 unspecified atom stereocenters. The molecule has 10 heteroatoms. The SMILES string of the molecule is CCOc1ccc(-c2nnc(SCC(=O)Nc3sc4c(c3C(=O)OC)CCCCCC4)n2C)cc1. The van der Waals surface area contributed by atoms with Crippen molar-refractivity contribution in [2.75, 3.05) is 24.8 Å². The van der Waals surface area contributed by atoms with Crippen molar-refractivity contribution in [3.63, 3.8) is 0 Å². The molecule has 3 aromatic rings. The van der Waals surface area contributed by atoms with E-state index >= 15 is 0 Å². The van der Waals surface area contributed by atoms with E-state index in [9.17, 15) is 9.59 Å². The lowest BCUT2D eigenvalue weighted by Crippen LogP contribution is -2.16. The van der Waals surface area contributed by atoms with Gasteiger partial charge in [0.2, 0.25) is 5.91 Å². The first-order chi connectivity index (χ1) is 17.0. The van der Waals surface area contributed by atoms with Crippen LogP contribution in [0.3, 0.4) is 0 Å². The molecule has 0 saturated carbocycles. The molecule has 1 aromatic carbocycles. The Morgan fingerprint density at radius 3 is 2.57 bits per heavy atom. The highest BCUT2D eigenvalue weighted by atomic mass is 32.2. The third kappa shape index (κ3) is 5.87. The monoisotopic (exact) mass is 514 g/mol. The summed E-state index contributed by atoms with van der Waals surface area (Å²) in [5.41, 5.74) is 2.47. The number of carbonyl (C=O) groups is 2. The van der Waals surface area contributed by atoms with E-state index in [4.69, 9.17) is 9.47 Å². The topological polar surface area (TPSA) is 95.3 Å². The molecular formula is C25H30N4O4S2. The second-order valence-corrected chi connectivity index (χ2v) is 10.3. The molecule has 2 heterocycles. The molecule has 2 aromatic heterocycles. The number of aryl methyl sites for hydroxylation is 1. The molecule has 186 valence electrons. The first kappa shape index (κ1) is 25.2. The summed E-state index contributed by atoms with van der Waals surface area (Å²) in [7, 11) is 3.26. The van der Waals surface area contributed by atoms with Crippen LogP contribution >= 0.6 is 23.1 Å². The van der Waals surface area contributed by atoms with E-state index in [-0.39, 0.29) is 17.6 Å². The molecule has 0 spiro atoms. The number of amides is 1. The maximum atomic E-state index is 12.8. The van der Waals surface area contributed by atoms with Crippen molar-refractivity contribution in [2.45, 2.75) is 50.6 Å². The van der Waals surface area contributed by atoms with E-state index in [1.807, 2.05) is 42.8 Å². The van der Waals surface area contributed by atoms with Crippen LogP contribution in [0.4, 0.5) is 5.00 Å². The summed E-state index contributed by atoms with van der Waals surface area (Å²) >= 11 is 2.81. The number of methoxy groups -OCH3 is 1. The van der Waals surface area contributed by atoms with Crippen molar-refractivity contribution in [1.29, 1.82) is 0 Å². The highest BCUT2D eigenvalue weighted by molar-refractivity contribution is 7.99. The summed E-state index contributed by atoms with van der Waals surface area (Å²) in [5.74, 6) is 1.08. The number of nitrogens with zero attached hydrogens (tertiary/aromatic N) is 3. The normalized spacial score (nSPS) is 13.5. The number of thioether (sulfide) groups is 1. The third-order valence-corrected chi connectivity index (χ3v) is 8.13. The summed E-state index contributed by atoms with van der Waals surface area (Å²) in [5, 5.41) is 12.7. The Kier molecular flexibility index (Phi) is 8.46. The first-order valence-electron chi connectivity index (χ1n) is 11.8. The molecule has 0 bridgehead atoms. The largest absolute Gasteiger partial charge is 0.494 e. The molecule has 0 fully saturated rings. The van der Waals surface area contributed by atoms with Crippen LogP contribution in [0.5, 0.6) is 5.75 Å². The Morgan fingerprint density at radius 2 is 1.86 bits per heavy atom. The molecule has 0 atom stereocenters. The number of hydrogen-bond acceptors (Lipinski definition) is 8. The molecule has 35 heavy (non-hydrogen) atoms. The number of ether oxygens (including phenoxy) is 2. The summed E-state index contributed by atoms with van der Waals surface area (Å²) in [4.78, 5) is 26.6. The Morgan fingerprint density at radius 1 is 1.11 bits per heavy atom. The Bertz CT molecular complexity index is 1190. The van der Waals surface area contributed by atoms with Crippen molar-refractivity contribution >= 4 is 40.0 Å². The fraction of sp³-hybridized carbons (Fsp3) is 0.440. The number of hydrogen-bond donors (Lipinski definition) is 1. The van der Waals surface area contributed by atoms with Gasteiger partial charge in [0.1, 0.15) is 10.8 Å². The van der Waals surface area contributed by atoms with E-state index < -0.39 is 0 Å². The molecule has 4 rings (SSSR count). The summed E-state index contributed by atoms with van der Waals surface area (Å²) < 4.78 is 12.4. The van der Waals surface area contributed by atoms with Gasteiger partial charge in [-0.2, -0.15) is 0 Å². The zero-order chi connectivity index (χ0) is 24.8. The van der Waals surface area contributed by atoms with Gasteiger partial charge in [0, 0.05) is 17.5 Å². The lowest BCUT2D eigenvalue weighted by molar-refractivity contribution is -0.113. The maximum Gasteiger partial charge on any atom is 0.341 e. The van der Waals surface area contributed by atoms with Gasteiger partial charge in [-0.15, -0.1) is 21.5 Å². The number of rotatable bonds is 8. The highest BCUT2D eigenvalue weighted by Gasteiger charge is 2.26. The zero-order valence-corrected chi connectivity index (χ0v) is 21.9. The minimum absolute atomic E-state index is 0.151. The fourth-order valence-corrected chi connectivity index (χ4v) is 6.18. The molecule has 8 nitrogen and oxygen atoms in total. The van der Waals surface area contributed by atoms with Gasteiger partial charge in [0.05, 0.1) is 25.0 Å². The predicted octanol–water partition coefficient (Wildman–Crippen LogP) is 5.12. The molecule has 0 radical (unpaired) electrons. The van der Waals surface area contributed by atoms with Crippen molar-refractivity contribution in [1.82, 2.24) is 14.8 Å². The van der Waals surface area contributed by atoms with Crippen LogP contribution in [0, 0.1) is 0 Å². The van der Waals surface area contributed by atoms with E-state index in [0.29, 0.717) is 28.2 Å². The number of aromatic nitrogens is 3.